The zero-order chi connectivity index (χ0) is 15.5. The van der Waals surface area contributed by atoms with Gasteiger partial charge in [0.2, 0.25) is 0 Å². The normalized spacial score (nSPS) is 18.1. The molecule has 2 heterocycles. The second-order valence-corrected chi connectivity index (χ2v) is 6.56. The number of carbonyl (C=O) groups is 1. The Morgan fingerprint density at radius 3 is 2.38 bits per heavy atom. The van der Waals surface area contributed by atoms with E-state index in [0.717, 1.165) is 31.5 Å². The molecule has 0 spiro atoms. The fourth-order valence-electron chi connectivity index (χ4n) is 2.83. The predicted molar refractivity (Wildman–Crippen MR) is 82.0 cm³/mol. The molecule has 1 aliphatic rings. The third kappa shape index (κ3) is 3.53. The standard InChI is InChI=1S/C16H25N3O2/c1-15(2,3)21-14(20)19(4)16(7-11-18-12-8-16)13-5-9-17-10-6-13/h5-6,9-10,18H,7-8,11-12H2,1-4H3. The largest absolute Gasteiger partial charge is 0.444 e. The second kappa shape index (κ2) is 6.02. The zero-order valence-electron chi connectivity index (χ0n) is 13.3. The van der Waals surface area contributed by atoms with E-state index in [9.17, 15) is 4.79 Å². The van der Waals surface area contributed by atoms with Crippen LogP contribution in [0.1, 0.15) is 39.2 Å². The molecule has 5 heteroatoms. The summed E-state index contributed by atoms with van der Waals surface area (Å²) in [5.74, 6) is 0. The van der Waals surface area contributed by atoms with Crippen LogP contribution in [0.3, 0.4) is 0 Å². The van der Waals surface area contributed by atoms with Crippen molar-refractivity contribution in [3.05, 3.63) is 30.1 Å². The molecule has 2 rings (SSSR count). The number of carbonyl (C=O) groups excluding carboxylic acids is 1. The molecule has 0 bridgehead atoms. The molecular formula is C16H25N3O2. The highest BCUT2D eigenvalue weighted by molar-refractivity contribution is 5.69. The molecule has 1 aliphatic heterocycles. The molecule has 0 unspecified atom stereocenters. The molecule has 5 nitrogen and oxygen atoms in total. The van der Waals surface area contributed by atoms with Gasteiger partial charge in [0, 0.05) is 19.4 Å². The van der Waals surface area contributed by atoms with Crippen molar-refractivity contribution in [1.29, 1.82) is 0 Å². The van der Waals surface area contributed by atoms with Crippen LogP contribution in [-0.2, 0) is 10.3 Å². The average molecular weight is 291 g/mol. The van der Waals surface area contributed by atoms with Gasteiger partial charge in [0.25, 0.3) is 0 Å². The summed E-state index contributed by atoms with van der Waals surface area (Å²) in [6, 6.07) is 3.98. The summed E-state index contributed by atoms with van der Waals surface area (Å²) in [5.41, 5.74) is 0.307. The Morgan fingerprint density at radius 1 is 1.29 bits per heavy atom. The van der Waals surface area contributed by atoms with Gasteiger partial charge in [-0.25, -0.2) is 4.79 Å². The van der Waals surface area contributed by atoms with Crippen LogP contribution in [0.25, 0.3) is 0 Å². The van der Waals surface area contributed by atoms with Crippen molar-refractivity contribution in [1.82, 2.24) is 15.2 Å². The van der Waals surface area contributed by atoms with Crippen LogP contribution in [0.2, 0.25) is 0 Å². The number of hydrogen-bond acceptors (Lipinski definition) is 4. The maximum Gasteiger partial charge on any atom is 0.410 e. The Hall–Kier alpha value is -1.62. The summed E-state index contributed by atoms with van der Waals surface area (Å²) < 4.78 is 5.55. The number of ether oxygens (including phenoxy) is 1. The minimum Gasteiger partial charge on any atom is -0.444 e. The van der Waals surface area contributed by atoms with Gasteiger partial charge >= 0.3 is 6.09 Å². The van der Waals surface area contributed by atoms with Crippen molar-refractivity contribution in [3.63, 3.8) is 0 Å². The number of amides is 1. The third-order valence-corrected chi connectivity index (χ3v) is 3.96. The minimum atomic E-state index is -0.488. The van der Waals surface area contributed by atoms with E-state index in [1.807, 2.05) is 40.0 Å². The lowest BCUT2D eigenvalue weighted by atomic mass is 9.80. The van der Waals surface area contributed by atoms with Crippen molar-refractivity contribution in [2.24, 2.45) is 0 Å². The van der Waals surface area contributed by atoms with Gasteiger partial charge in [-0.3, -0.25) is 4.98 Å². The molecule has 1 saturated heterocycles. The monoisotopic (exact) mass is 291 g/mol. The van der Waals surface area contributed by atoms with E-state index < -0.39 is 5.60 Å². The first kappa shape index (κ1) is 15.8. The number of pyridine rings is 1. The fraction of sp³-hybridized carbons (Fsp3) is 0.625. The van der Waals surface area contributed by atoms with Crippen LogP contribution < -0.4 is 5.32 Å². The number of aromatic nitrogens is 1. The van der Waals surface area contributed by atoms with Gasteiger partial charge < -0.3 is 15.0 Å². The Morgan fingerprint density at radius 2 is 1.86 bits per heavy atom. The maximum atomic E-state index is 12.5. The summed E-state index contributed by atoms with van der Waals surface area (Å²) in [6.45, 7) is 7.44. The highest BCUT2D eigenvalue weighted by Gasteiger charge is 2.41. The molecule has 0 aliphatic carbocycles. The first-order valence-electron chi connectivity index (χ1n) is 7.43. The molecule has 116 valence electrons. The van der Waals surface area contributed by atoms with Crippen molar-refractivity contribution in [3.8, 4) is 0 Å². The Balaban J connectivity index is 2.30. The van der Waals surface area contributed by atoms with Gasteiger partial charge in [-0.15, -0.1) is 0 Å². The third-order valence-electron chi connectivity index (χ3n) is 3.96. The van der Waals surface area contributed by atoms with E-state index in [2.05, 4.69) is 10.3 Å². The molecule has 0 saturated carbocycles. The second-order valence-electron chi connectivity index (χ2n) is 6.56. The molecular weight excluding hydrogens is 266 g/mol. The number of nitrogens with one attached hydrogen (secondary N) is 1. The molecule has 1 aromatic heterocycles. The smallest absolute Gasteiger partial charge is 0.410 e. The van der Waals surface area contributed by atoms with Gasteiger partial charge in [0.05, 0.1) is 5.54 Å². The lowest BCUT2D eigenvalue weighted by Crippen LogP contribution is -2.53. The molecule has 1 amide bonds. The molecule has 1 fully saturated rings. The summed E-state index contributed by atoms with van der Waals surface area (Å²) in [4.78, 5) is 18.3. The fourth-order valence-corrected chi connectivity index (χ4v) is 2.83. The average Bonchev–Trinajstić information content (AvgIpc) is 2.46. The minimum absolute atomic E-state index is 0.277. The van der Waals surface area contributed by atoms with Crippen molar-refractivity contribution in [2.45, 2.75) is 44.8 Å². The van der Waals surface area contributed by atoms with Crippen LogP contribution in [0.5, 0.6) is 0 Å². The first-order valence-corrected chi connectivity index (χ1v) is 7.43. The van der Waals surface area contributed by atoms with E-state index in [1.165, 1.54) is 0 Å². The summed E-state index contributed by atoms with van der Waals surface area (Å²) in [6.07, 6.45) is 5.02. The summed E-state index contributed by atoms with van der Waals surface area (Å²) >= 11 is 0. The van der Waals surface area contributed by atoms with E-state index in [4.69, 9.17) is 4.74 Å². The highest BCUT2D eigenvalue weighted by Crippen LogP contribution is 2.36. The first-order chi connectivity index (χ1) is 9.85. The van der Waals surface area contributed by atoms with Crippen molar-refractivity contribution in [2.75, 3.05) is 20.1 Å². The van der Waals surface area contributed by atoms with Crippen LogP contribution in [0, 0.1) is 0 Å². The van der Waals surface area contributed by atoms with E-state index in [1.54, 1.807) is 17.3 Å². The molecule has 0 atom stereocenters. The zero-order valence-corrected chi connectivity index (χ0v) is 13.3. The predicted octanol–water partition coefficient (Wildman–Crippen LogP) is 2.53. The molecule has 0 radical (unpaired) electrons. The lowest BCUT2D eigenvalue weighted by Gasteiger charge is -2.45. The Labute approximate surface area is 126 Å². The number of nitrogens with zero attached hydrogens (tertiary/aromatic N) is 2. The quantitative estimate of drug-likeness (QED) is 0.909. The SMILES string of the molecule is CN(C(=O)OC(C)(C)C)C1(c2ccncc2)CCNCC1. The van der Waals surface area contributed by atoms with Gasteiger partial charge in [-0.1, -0.05) is 0 Å². The topological polar surface area (TPSA) is 54.5 Å². The highest BCUT2D eigenvalue weighted by atomic mass is 16.6. The van der Waals surface area contributed by atoms with Crippen LogP contribution in [0.15, 0.2) is 24.5 Å². The summed E-state index contributed by atoms with van der Waals surface area (Å²) in [7, 11) is 1.83. The van der Waals surface area contributed by atoms with Crippen LogP contribution >= 0.6 is 0 Å². The van der Waals surface area contributed by atoms with Crippen LogP contribution in [-0.4, -0.2) is 41.7 Å². The number of rotatable bonds is 2. The van der Waals surface area contributed by atoms with E-state index in [0.29, 0.717) is 0 Å². The van der Waals surface area contributed by atoms with Crippen LogP contribution in [0.4, 0.5) is 4.79 Å². The lowest BCUT2D eigenvalue weighted by molar-refractivity contribution is -0.00370. The van der Waals surface area contributed by atoms with Gasteiger partial charge in [0.15, 0.2) is 0 Å². The summed E-state index contributed by atoms with van der Waals surface area (Å²) in [5, 5.41) is 3.36. The van der Waals surface area contributed by atoms with Gasteiger partial charge in [0.1, 0.15) is 5.60 Å². The van der Waals surface area contributed by atoms with Gasteiger partial charge in [-0.05, 0) is 64.4 Å². The van der Waals surface area contributed by atoms with Crippen molar-refractivity contribution < 1.29 is 9.53 Å². The molecule has 0 aromatic carbocycles. The number of piperidine rings is 1. The van der Waals surface area contributed by atoms with Crippen molar-refractivity contribution >= 4 is 6.09 Å². The Kier molecular flexibility index (Phi) is 4.52. The maximum absolute atomic E-state index is 12.5. The van der Waals surface area contributed by atoms with E-state index >= 15 is 0 Å². The molecule has 21 heavy (non-hydrogen) atoms. The molecule has 1 N–H and O–H groups in total. The number of hydrogen-bond donors (Lipinski definition) is 1. The Bertz CT molecular complexity index is 476. The molecule has 1 aromatic rings. The van der Waals surface area contributed by atoms with E-state index in [-0.39, 0.29) is 11.6 Å². The van der Waals surface area contributed by atoms with Gasteiger partial charge in [-0.2, -0.15) is 0 Å².